The van der Waals surface area contributed by atoms with Crippen LogP contribution in [0.2, 0.25) is 0 Å². The molecular weight excluding hydrogens is 499 g/mol. The zero-order chi connectivity index (χ0) is 26.2. The van der Waals surface area contributed by atoms with Gasteiger partial charge < -0.3 is 9.88 Å². The lowest BCUT2D eigenvalue weighted by molar-refractivity contribution is -0.113. The molecule has 0 fully saturated rings. The van der Waals surface area contributed by atoms with Crippen LogP contribution in [0.25, 0.3) is 38.4 Å². The van der Waals surface area contributed by atoms with Crippen LogP contribution in [0.4, 0.5) is 10.1 Å². The molecule has 4 aromatic carbocycles. The number of nitrogens with zero attached hydrogens (tertiary/aromatic N) is 3. The summed E-state index contributed by atoms with van der Waals surface area (Å²) >= 11 is 1.16. The van der Waals surface area contributed by atoms with Gasteiger partial charge in [0, 0.05) is 34.0 Å². The number of halogens is 1. The van der Waals surface area contributed by atoms with Gasteiger partial charge in [-0.3, -0.25) is 14.2 Å². The number of carbonyl (C=O) groups excluding carboxylic acids is 1. The molecule has 2 heterocycles. The molecule has 8 heteroatoms. The lowest BCUT2D eigenvalue weighted by Gasteiger charge is -2.13. The van der Waals surface area contributed by atoms with Crippen molar-refractivity contribution in [3.05, 3.63) is 107 Å². The van der Waals surface area contributed by atoms with Crippen LogP contribution in [-0.2, 0) is 11.3 Å². The smallest absolute Gasteiger partial charge is 0.266 e. The number of nitrogens with one attached hydrogen (secondary N) is 1. The van der Waals surface area contributed by atoms with Crippen LogP contribution in [0.15, 0.2) is 101 Å². The average Bonchev–Trinajstić information content (AvgIpc) is 3.26. The molecule has 0 spiro atoms. The standard InChI is InChI=1S/C30H23FN4O2S/c1-2-34-26-10-6-4-7-22(26)24-17-20(13-16-27(24)34)32-28(36)18-38-30-33-25-9-5-3-8-23(25)29(37)35(30)21-14-11-19(31)12-15-21/h3-17H,2,18H2,1H3,(H,32,36). The van der Waals surface area contributed by atoms with E-state index >= 15 is 0 Å². The number of aryl methyl sites for hydroxylation is 1. The maximum absolute atomic E-state index is 13.6. The largest absolute Gasteiger partial charge is 0.341 e. The summed E-state index contributed by atoms with van der Waals surface area (Å²) in [4.78, 5) is 31.0. The van der Waals surface area contributed by atoms with Gasteiger partial charge in [0.25, 0.3) is 5.56 Å². The minimum atomic E-state index is -0.400. The van der Waals surface area contributed by atoms with Crippen molar-refractivity contribution in [2.45, 2.75) is 18.6 Å². The number of rotatable bonds is 6. The SMILES string of the molecule is CCn1c2ccccc2c2cc(NC(=O)CSc3nc4ccccc4c(=O)n3-c3ccc(F)cc3)ccc21. The summed E-state index contributed by atoms with van der Waals surface area (Å²) in [5.74, 6) is -0.578. The van der Waals surface area contributed by atoms with Gasteiger partial charge in [0.1, 0.15) is 5.82 Å². The predicted octanol–water partition coefficient (Wildman–Crippen LogP) is 6.38. The van der Waals surface area contributed by atoms with Crippen molar-refractivity contribution >= 4 is 56.1 Å². The van der Waals surface area contributed by atoms with Crippen molar-refractivity contribution < 1.29 is 9.18 Å². The van der Waals surface area contributed by atoms with E-state index in [-0.39, 0.29) is 17.2 Å². The van der Waals surface area contributed by atoms with Gasteiger partial charge in [0.2, 0.25) is 5.91 Å². The Morgan fingerprint density at radius 1 is 0.895 bits per heavy atom. The molecule has 0 aliphatic carbocycles. The summed E-state index contributed by atoms with van der Waals surface area (Å²) in [6.45, 7) is 2.96. The molecule has 1 N–H and O–H groups in total. The first kappa shape index (κ1) is 23.9. The normalized spacial score (nSPS) is 11.4. The lowest BCUT2D eigenvalue weighted by atomic mass is 10.1. The number of hydrogen-bond acceptors (Lipinski definition) is 4. The van der Waals surface area contributed by atoms with E-state index in [0.29, 0.717) is 27.4 Å². The predicted molar refractivity (Wildman–Crippen MR) is 152 cm³/mol. The minimum absolute atomic E-state index is 0.0424. The molecule has 0 bridgehead atoms. The lowest BCUT2D eigenvalue weighted by Crippen LogP contribution is -2.23. The number of para-hydroxylation sites is 2. The van der Waals surface area contributed by atoms with Crippen LogP contribution < -0.4 is 10.9 Å². The monoisotopic (exact) mass is 522 g/mol. The number of anilines is 1. The Labute approximate surface area is 221 Å². The number of thioether (sulfide) groups is 1. The number of aromatic nitrogens is 3. The van der Waals surface area contributed by atoms with E-state index in [0.717, 1.165) is 40.1 Å². The second-order valence-corrected chi connectivity index (χ2v) is 9.80. The first-order valence-electron chi connectivity index (χ1n) is 12.2. The summed E-state index contributed by atoms with van der Waals surface area (Å²) in [5.41, 5.74) is 3.72. The third-order valence-corrected chi connectivity index (χ3v) is 7.47. The fourth-order valence-electron chi connectivity index (χ4n) is 4.83. The van der Waals surface area contributed by atoms with Crippen LogP contribution in [0.5, 0.6) is 0 Å². The second-order valence-electron chi connectivity index (χ2n) is 8.86. The quantitative estimate of drug-likeness (QED) is 0.204. The molecule has 0 aliphatic heterocycles. The van der Waals surface area contributed by atoms with Crippen LogP contribution in [-0.4, -0.2) is 25.8 Å². The van der Waals surface area contributed by atoms with E-state index in [1.165, 1.54) is 28.8 Å². The van der Waals surface area contributed by atoms with E-state index < -0.39 is 5.82 Å². The van der Waals surface area contributed by atoms with Crippen LogP contribution in [0.3, 0.4) is 0 Å². The maximum Gasteiger partial charge on any atom is 0.266 e. The molecule has 38 heavy (non-hydrogen) atoms. The Morgan fingerprint density at radius 2 is 1.61 bits per heavy atom. The van der Waals surface area contributed by atoms with Crippen LogP contribution in [0, 0.1) is 5.82 Å². The van der Waals surface area contributed by atoms with Gasteiger partial charge in [0.05, 0.1) is 22.3 Å². The van der Waals surface area contributed by atoms with E-state index in [1.807, 2.05) is 36.4 Å². The number of benzene rings is 4. The summed E-state index contributed by atoms with van der Waals surface area (Å²) in [6, 6.07) is 26.9. The Bertz CT molecular complexity index is 1890. The van der Waals surface area contributed by atoms with Gasteiger partial charge in [0.15, 0.2) is 5.16 Å². The first-order valence-corrected chi connectivity index (χ1v) is 13.2. The number of fused-ring (bicyclic) bond motifs is 4. The Balaban J connectivity index is 1.30. The third-order valence-electron chi connectivity index (χ3n) is 6.53. The minimum Gasteiger partial charge on any atom is -0.341 e. The summed E-state index contributed by atoms with van der Waals surface area (Å²) in [6.07, 6.45) is 0. The van der Waals surface area contributed by atoms with E-state index in [4.69, 9.17) is 0 Å². The Kier molecular flexibility index (Phi) is 6.17. The Morgan fingerprint density at radius 3 is 2.39 bits per heavy atom. The molecule has 0 saturated carbocycles. The first-order chi connectivity index (χ1) is 18.5. The van der Waals surface area contributed by atoms with Gasteiger partial charge in [-0.05, 0) is 67.6 Å². The highest BCUT2D eigenvalue weighted by molar-refractivity contribution is 7.99. The highest BCUT2D eigenvalue weighted by Crippen LogP contribution is 2.31. The van der Waals surface area contributed by atoms with Gasteiger partial charge in [-0.2, -0.15) is 0 Å². The van der Waals surface area contributed by atoms with Crippen molar-refractivity contribution in [3.63, 3.8) is 0 Å². The third kappa shape index (κ3) is 4.22. The number of hydrogen-bond donors (Lipinski definition) is 1. The van der Waals surface area contributed by atoms with Crippen LogP contribution in [0.1, 0.15) is 6.92 Å². The summed E-state index contributed by atoms with van der Waals surface area (Å²) < 4.78 is 17.2. The zero-order valence-corrected chi connectivity index (χ0v) is 21.3. The molecule has 2 aromatic heterocycles. The van der Waals surface area contributed by atoms with E-state index in [9.17, 15) is 14.0 Å². The molecular formula is C30H23FN4O2S. The van der Waals surface area contributed by atoms with Gasteiger partial charge in [-0.1, -0.05) is 42.1 Å². The van der Waals surface area contributed by atoms with Crippen molar-refractivity contribution in [1.82, 2.24) is 14.1 Å². The van der Waals surface area contributed by atoms with Gasteiger partial charge in [-0.15, -0.1) is 0 Å². The molecule has 0 saturated heterocycles. The maximum atomic E-state index is 13.6. The van der Waals surface area contributed by atoms with E-state index in [2.05, 4.69) is 33.9 Å². The van der Waals surface area contributed by atoms with Crippen molar-refractivity contribution in [1.29, 1.82) is 0 Å². The fraction of sp³-hybridized carbons (Fsp3) is 0.100. The molecule has 0 atom stereocenters. The number of carbonyl (C=O) groups is 1. The zero-order valence-electron chi connectivity index (χ0n) is 20.5. The molecule has 188 valence electrons. The summed E-state index contributed by atoms with van der Waals surface area (Å²) in [7, 11) is 0. The molecule has 0 aliphatic rings. The van der Waals surface area contributed by atoms with Gasteiger partial charge >= 0.3 is 0 Å². The molecule has 1 amide bonds. The highest BCUT2D eigenvalue weighted by Gasteiger charge is 2.16. The highest BCUT2D eigenvalue weighted by atomic mass is 32.2. The molecule has 0 radical (unpaired) electrons. The second kappa shape index (κ2) is 9.79. The van der Waals surface area contributed by atoms with Crippen molar-refractivity contribution in [3.8, 4) is 5.69 Å². The van der Waals surface area contributed by atoms with E-state index in [1.54, 1.807) is 18.2 Å². The van der Waals surface area contributed by atoms with Gasteiger partial charge in [-0.25, -0.2) is 9.37 Å². The number of amides is 1. The molecule has 6 rings (SSSR count). The molecule has 6 nitrogen and oxygen atoms in total. The van der Waals surface area contributed by atoms with Crippen molar-refractivity contribution in [2.75, 3.05) is 11.1 Å². The van der Waals surface area contributed by atoms with Crippen LogP contribution >= 0.6 is 11.8 Å². The topological polar surface area (TPSA) is 68.9 Å². The molecule has 0 unspecified atom stereocenters. The van der Waals surface area contributed by atoms with Crippen molar-refractivity contribution in [2.24, 2.45) is 0 Å². The Hall–Kier alpha value is -4.43. The summed E-state index contributed by atoms with van der Waals surface area (Å²) in [5, 5.41) is 6.00. The average molecular weight is 523 g/mol. The fourth-order valence-corrected chi connectivity index (χ4v) is 5.64. The molecule has 6 aromatic rings.